The van der Waals surface area contributed by atoms with Crippen molar-refractivity contribution in [3.8, 4) is 0 Å². The van der Waals surface area contributed by atoms with E-state index in [1.807, 2.05) is 13.0 Å². The van der Waals surface area contributed by atoms with Gasteiger partial charge in [0.1, 0.15) is 11.9 Å². The minimum atomic E-state index is -4.02. The molecular formula is C18H20FNO4S. The van der Waals surface area contributed by atoms with Crippen molar-refractivity contribution in [3.63, 3.8) is 0 Å². The second kappa shape index (κ2) is 7.21. The highest BCUT2D eigenvalue weighted by Gasteiger charge is 2.34. The maximum absolute atomic E-state index is 14.3. The number of aryl methyl sites for hydroxylation is 1. The molecule has 0 saturated carbocycles. The Morgan fingerprint density at radius 2 is 1.96 bits per heavy atom. The van der Waals surface area contributed by atoms with Gasteiger partial charge in [-0.05, 0) is 44.2 Å². The molecule has 2 unspecified atom stereocenters. The Morgan fingerprint density at radius 1 is 1.24 bits per heavy atom. The number of hydrogen-bond acceptors (Lipinski definition) is 5. The van der Waals surface area contributed by atoms with Crippen LogP contribution in [0.5, 0.6) is 0 Å². The van der Waals surface area contributed by atoms with Gasteiger partial charge in [-0.3, -0.25) is 5.32 Å². The highest BCUT2D eigenvalue weighted by molar-refractivity contribution is 7.86. The zero-order chi connectivity index (χ0) is 18.0. The number of nitrogens with one attached hydrogen (secondary N) is 1. The van der Waals surface area contributed by atoms with Crippen LogP contribution in [-0.4, -0.2) is 28.3 Å². The minimum absolute atomic E-state index is 0.0444. The summed E-state index contributed by atoms with van der Waals surface area (Å²) < 4.78 is 50.4. The fraction of sp³-hybridized carbons (Fsp3) is 0.333. The number of fused-ring (bicyclic) bond motifs is 1. The molecule has 0 bridgehead atoms. The Kier molecular flexibility index (Phi) is 5.19. The summed E-state index contributed by atoms with van der Waals surface area (Å²) >= 11 is 0. The number of likely N-dealkylation sites (N-methyl/N-ethyl adjacent to an activating group) is 1. The molecule has 7 heteroatoms. The van der Waals surface area contributed by atoms with Crippen molar-refractivity contribution in [2.45, 2.75) is 30.6 Å². The molecule has 0 aliphatic carbocycles. The van der Waals surface area contributed by atoms with Crippen LogP contribution in [0.3, 0.4) is 0 Å². The third kappa shape index (κ3) is 3.74. The summed E-state index contributed by atoms with van der Waals surface area (Å²) in [6, 6.07) is 11.1. The average Bonchev–Trinajstić information content (AvgIpc) is 2.60. The zero-order valence-electron chi connectivity index (χ0n) is 14.0. The molecule has 1 N–H and O–H groups in total. The van der Waals surface area contributed by atoms with Crippen LogP contribution in [0.15, 0.2) is 47.4 Å². The molecule has 0 aromatic heterocycles. The Hall–Kier alpha value is -1.80. The smallest absolute Gasteiger partial charge is 0.298 e. The Labute approximate surface area is 146 Å². The zero-order valence-corrected chi connectivity index (χ0v) is 14.8. The van der Waals surface area contributed by atoms with E-state index in [0.717, 1.165) is 11.1 Å². The van der Waals surface area contributed by atoms with Gasteiger partial charge in [-0.1, -0.05) is 29.8 Å². The first-order chi connectivity index (χ1) is 11.9. The van der Waals surface area contributed by atoms with Gasteiger partial charge in [-0.15, -0.1) is 0 Å². The molecule has 2 aromatic rings. The highest BCUT2D eigenvalue weighted by atomic mass is 32.2. The fourth-order valence-electron chi connectivity index (χ4n) is 2.88. The molecule has 1 aliphatic rings. The molecule has 0 spiro atoms. The summed E-state index contributed by atoms with van der Waals surface area (Å²) in [4.78, 5) is 0.0444. The summed E-state index contributed by atoms with van der Waals surface area (Å²) in [5, 5.41) is 2.78. The Morgan fingerprint density at radius 3 is 2.64 bits per heavy atom. The van der Waals surface area contributed by atoms with Crippen LogP contribution >= 0.6 is 0 Å². The Bertz CT molecular complexity index is 852. The number of benzene rings is 2. The number of ether oxygens (including phenoxy) is 1. The molecule has 5 nitrogen and oxygen atoms in total. The fourth-order valence-corrected chi connectivity index (χ4v) is 3.93. The van der Waals surface area contributed by atoms with Gasteiger partial charge in [0.15, 0.2) is 6.23 Å². The maximum atomic E-state index is 14.3. The third-order valence-corrected chi connectivity index (χ3v) is 5.51. The normalized spacial score (nSPS) is 18.6. The lowest BCUT2D eigenvalue weighted by atomic mass is 9.96. The minimum Gasteiger partial charge on any atom is -0.369 e. The second-order valence-corrected chi connectivity index (χ2v) is 7.50. The lowest BCUT2D eigenvalue weighted by molar-refractivity contribution is -0.0454. The van der Waals surface area contributed by atoms with E-state index in [2.05, 4.69) is 5.32 Å². The van der Waals surface area contributed by atoms with E-state index in [4.69, 9.17) is 8.92 Å². The number of halogens is 1. The van der Waals surface area contributed by atoms with Gasteiger partial charge in [-0.25, -0.2) is 8.57 Å². The third-order valence-electron chi connectivity index (χ3n) is 4.20. The molecule has 3 rings (SSSR count). The van der Waals surface area contributed by atoms with Crippen molar-refractivity contribution in [1.29, 1.82) is 0 Å². The molecule has 0 saturated heterocycles. The first-order valence-corrected chi connectivity index (χ1v) is 9.39. The van der Waals surface area contributed by atoms with E-state index < -0.39 is 28.3 Å². The van der Waals surface area contributed by atoms with Crippen molar-refractivity contribution in [1.82, 2.24) is 5.32 Å². The van der Waals surface area contributed by atoms with E-state index in [9.17, 15) is 12.8 Å². The molecule has 1 aliphatic heterocycles. The lowest BCUT2D eigenvalue weighted by Crippen LogP contribution is -2.40. The quantitative estimate of drug-likeness (QED) is 0.652. The first-order valence-electron chi connectivity index (χ1n) is 7.98. The summed E-state index contributed by atoms with van der Waals surface area (Å²) in [6.45, 7) is 2.23. The van der Waals surface area contributed by atoms with Crippen LogP contribution < -0.4 is 5.32 Å². The lowest BCUT2D eigenvalue weighted by Gasteiger charge is -2.31. The van der Waals surface area contributed by atoms with Crippen LogP contribution in [0.25, 0.3) is 0 Å². The molecule has 134 valence electrons. The van der Waals surface area contributed by atoms with Gasteiger partial charge in [-0.2, -0.15) is 8.42 Å². The summed E-state index contributed by atoms with van der Waals surface area (Å²) in [7, 11) is -2.47. The second-order valence-electron chi connectivity index (χ2n) is 5.93. The summed E-state index contributed by atoms with van der Waals surface area (Å²) in [6.07, 6.45) is -1.32. The van der Waals surface area contributed by atoms with Crippen LogP contribution in [-0.2, 0) is 25.5 Å². The largest absolute Gasteiger partial charge is 0.369 e. The van der Waals surface area contributed by atoms with Crippen molar-refractivity contribution in [2.75, 3.05) is 13.7 Å². The monoisotopic (exact) mass is 365 g/mol. The highest BCUT2D eigenvalue weighted by Crippen LogP contribution is 2.33. The van der Waals surface area contributed by atoms with Crippen molar-refractivity contribution < 1.29 is 21.7 Å². The summed E-state index contributed by atoms with van der Waals surface area (Å²) in [5.41, 5.74) is 2.08. The standard InChI is InChI=1S/C18H20FNO4S/c1-12-6-8-14(9-7-12)25(21,22)24-18(20-2)17-16-13(10-11-23-17)4-3-5-15(16)19/h3-9,17-18,20H,10-11H2,1-2H3. The van der Waals surface area contributed by atoms with Gasteiger partial charge in [0.25, 0.3) is 10.1 Å². The molecule has 0 radical (unpaired) electrons. The van der Waals surface area contributed by atoms with Crippen LogP contribution in [0.2, 0.25) is 0 Å². The molecule has 2 aromatic carbocycles. The van der Waals surface area contributed by atoms with Gasteiger partial charge in [0.05, 0.1) is 11.5 Å². The Balaban J connectivity index is 1.91. The first kappa shape index (κ1) is 18.0. The SMILES string of the molecule is CNC(OS(=O)(=O)c1ccc(C)cc1)C1OCCc2cccc(F)c21. The average molecular weight is 365 g/mol. The number of hydrogen-bond donors (Lipinski definition) is 1. The van der Waals surface area contributed by atoms with Crippen molar-refractivity contribution in [3.05, 3.63) is 65.0 Å². The molecule has 1 heterocycles. The van der Waals surface area contributed by atoms with Crippen molar-refractivity contribution >= 4 is 10.1 Å². The molecular weight excluding hydrogens is 345 g/mol. The topological polar surface area (TPSA) is 64.6 Å². The molecule has 2 atom stereocenters. The van der Waals surface area contributed by atoms with Gasteiger partial charge < -0.3 is 4.74 Å². The van der Waals surface area contributed by atoms with Gasteiger partial charge in [0.2, 0.25) is 0 Å². The van der Waals surface area contributed by atoms with E-state index >= 15 is 0 Å². The molecule has 25 heavy (non-hydrogen) atoms. The van der Waals surface area contributed by atoms with E-state index in [1.54, 1.807) is 25.2 Å². The predicted octanol–water partition coefficient (Wildman–Crippen LogP) is 2.70. The molecule has 0 amide bonds. The van der Waals surface area contributed by atoms with Crippen LogP contribution in [0.4, 0.5) is 4.39 Å². The van der Waals surface area contributed by atoms with Gasteiger partial charge in [0, 0.05) is 5.56 Å². The predicted molar refractivity (Wildman–Crippen MR) is 91.1 cm³/mol. The van der Waals surface area contributed by atoms with E-state index in [-0.39, 0.29) is 4.90 Å². The van der Waals surface area contributed by atoms with E-state index in [1.165, 1.54) is 18.2 Å². The summed E-state index contributed by atoms with van der Waals surface area (Å²) in [5.74, 6) is -0.432. The molecule has 0 fully saturated rings. The maximum Gasteiger partial charge on any atom is 0.298 e. The van der Waals surface area contributed by atoms with Crippen LogP contribution in [0.1, 0.15) is 22.8 Å². The van der Waals surface area contributed by atoms with Crippen molar-refractivity contribution in [2.24, 2.45) is 0 Å². The number of rotatable bonds is 5. The van der Waals surface area contributed by atoms with E-state index in [0.29, 0.717) is 18.6 Å². The van der Waals surface area contributed by atoms with Gasteiger partial charge >= 0.3 is 0 Å². The van der Waals surface area contributed by atoms with Crippen LogP contribution in [0, 0.1) is 12.7 Å².